The molecule has 1 aromatic heterocycles. The summed E-state index contributed by atoms with van der Waals surface area (Å²) in [5.41, 5.74) is 1.64. The van der Waals surface area contributed by atoms with Gasteiger partial charge in [0.05, 0.1) is 17.9 Å². The monoisotopic (exact) mass is 364 g/mol. The summed E-state index contributed by atoms with van der Waals surface area (Å²) in [7, 11) is -3.74. The number of carboxylic acids is 1. The van der Waals surface area contributed by atoms with Gasteiger partial charge < -0.3 is 9.67 Å². The highest BCUT2D eigenvalue weighted by Crippen LogP contribution is 2.20. The van der Waals surface area contributed by atoms with Crippen LogP contribution in [0.2, 0.25) is 0 Å². The molecule has 134 valence electrons. The summed E-state index contributed by atoms with van der Waals surface area (Å²) in [4.78, 5) is 15.1. The molecule has 9 heteroatoms. The lowest BCUT2D eigenvalue weighted by molar-refractivity contribution is -0.142. The Bertz CT molecular complexity index is 836. The van der Waals surface area contributed by atoms with Gasteiger partial charge in [-0.15, -0.1) is 0 Å². The Morgan fingerprint density at radius 2 is 2.16 bits per heavy atom. The average Bonchev–Trinajstić information content (AvgIpc) is 3.15. The number of hydrogen-bond donors (Lipinski definition) is 2. The number of para-hydroxylation sites is 1. The normalized spacial score (nSPS) is 19.0. The van der Waals surface area contributed by atoms with Gasteiger partial charge in [0.25, 0.3) is 10.2 Å². The smallest absolute Gasteiger partial charge is 0.307 e. The zero-order valence-corrected chi connectivity index (χ0v) is 14.4. The molecule has 1 atom stereocenters. The van der Waals surface area contributed by atoms with Gasteiger partial charge in [-0.25, -0.2) is 4.98 Å². The average molecular weight is 364 g/mol. The number of hydrogen-bond acceptors (Lipinski definition) is 4. The molecule has 2 heterocycles. The second-order valence-corrected chi connectivity index (χ2v) is 7.72. The molecule has 2 aromatic rings. The largest absolute Gasteiger partial charge is 0.481 e. The minimum absolute atomic E-state index is 0.00777. The molecular weight excluding hydrogens is 344 g/mol. The third kappa shape index (κ3) is 4.06. The maximum absolute atomic E-state index is 12.5. The van der Waals surface area contributed by atoms with Crippen LogP contribution in [0.1, 0.15) is 18.4 Å². The third-order valence-corrected chi connectivity index (χ3v) is 5.81. The highest BCUT2D eigenvalue weighted by atomic mass is 32.2. The highest BCUT2D eigenvalue weighted by molar-refractivity contribution is 7.87. The quantitative estimate of drug-likeness (QED) is 0.796. The summed E-state index contributed by atoms with van der Waals surface area (Å²) in [6, 6.07) is 7.43. The fraction of sp³-hybridized carbons (Fsp3) is 0.375. The van der Waals surface area contributed by atoms with Gasteiger partial charge in [0.1, 0.15) is 0 Å². The molecule has 0 radical (unpaired) electrons. The van der Waals surface area contributed by atoms with E-state index in [1.807, 2.05) is 28.8 Å². The number of carboxylic acid groups (broad SMARTS) is 1. The standard InChI is InChI=1S/C16H20N4O4S/c21-16(22)14-5-3-8-20(11-14)25(23,24)18-10-13-4-1-2-6-15(13)19-9-7-17-12-19/h1-2,4,6-7,9,12,14,18H,3,5,8,10-11H2,(H,21,22)/t14-/m0/s1. The fourth-order valence-corrected chi connectivity index (χ4v) is 4.20. The first-order valence-electron chi connectivity index (χ1n) is 8.01. The van der Waals surface area contributed by atoms with Gasteiger partial charge in [-0.3, -0.25) is 4.79 Å². The van der Waals surface area contributed by atoms with Crippen molar-refractivity contribution in [3.05, 3.63) is 48.5 Å². The van der Waals surface area contributed by atoms with Gasteiger partial charge in [0.15, 0.2) is 0 Å². The SMILES string of the molecule is O=C(O)[C@H]1CCCN(S(=O)(=O)NCc2ccccc2-n2ccnc2)C1. The fourth-order valence-electron chi connectivity index (χ4n) is 2.94. The van der Waals surface area contributed by atoms with Crippen LogP contribution in [0.25, 0.3) is 5.69 Å². The van der Waals surface area contributed by atoms with Crippen molar-refractivity contribution < 1.29 is 18.3 Å². The van der Waals surface area contributed by atoms with Crippen LogP contribution >= 0.6 is 0 Å². The number of nitrogens with zero attached hydrogens (tertiary/aromatic N) is 3. The molecule has 1 saturated heterocycles. The third-order valence-electron chi connectivity index (χ3n) is 4.29. The van der Waals surface area contributed by atoms with Crippen molar-refractivity contribution in [2.75, 3.05) is 13.1 Å². The molecule has 0 bridgehead atoms. The van der Waals surface area contributed by atoms with Crippen molar-refractivity contribution in [2.24, 2.45) is 5.92 Å². The predicted octanol–water partition coefficient (Wildman–Crippen LogP) is 1.00. The van der Waals surface area contributed by atoms with E-state index in [4.69, 9.17) is 5.11 Å². The van der Waals surface area contributed by atoms with Crippen LogP contribution in [-0.2, 0) is 21.5 Å². The Kier molecular flexibility index (Phi) is 5.16. The maximum atomic E-state index is 12.5. The number of carbonyl (C=O) groups is 1. The lowest BCUT2D eigenvalue weighted by Crippen LogP contribution is -2.47. The van der Waals surface area contributed by atoms with E-state index in [-0.39, 0.29) is 13.1 Å². The summed E-state index contributed by atoms with van der Waals surface area (Å²) >= 11 is 0. The number of imidazole rings is 1. The number of piperidine rings is 1. The molecule has 2 N–H and O–H groups in total. The molecule has 1 aliphatic heterocycles. The Morgan fingerprint density at radius 3 is 2.88 bits per heavy atom. The van der Waals surface area contributed by atoms with E-state index in [2.05, 4.69) is 9.71 Å². The Labute approximate surface area is 146 Å². The number of aromatic nitrogens is 2. The second-order valence-electron chi connectivity index (χ2n) is 5.96. The molecule has 0 amide bonds. The Balaban J connectivity index is 1.72. The molecule has 3 rings (SSSR count). The summed E-state index contributed by atoms with van der Waals surface area (Å²) in [6.07, 6.45) is 6.14. The van der Waals surface area contributed by atoms with Crippen LogP contribution in [-0.4, -0.2) is 46.4 Å². The van der Waals surface area contributed by atoms with E-state index in [1.54, 1.807) is 18.7 Å². The molecule has 1 aliphatic rings. The zero-order valence-electron chi connectivity index (χ0n) is 13.6. The molecule has 0 unspecified atom stereocenters. The van der Waals surface area contributed by atoms with Crippen LogP contribution in [0.15, 0.2) is 43.0 Å². The number of aliphatic carboxylic acids is 1. The lowest BCUT2D eigenvalue weighted by atomic mass is 10.0. The van der Waals surface area contributed by atoms with Gasteiger partial charge in [-0.2, -0.15) is 17.4 Å². The zero-order chi connectivity index (χ0) is 17.9. The first kappa shape index (κ1) is 17.6. The van der Waals surface area contributed by atoms with Crippen LogP contribution in [0.4, 0.5) is 0 Å². The maximum Gasteiger partial charge on any atom is 0.307 e. The molecular formula is C16H20N4O4S. The van der Waals surface area contributed by atoms with Crippen molar-refractivity contribution in [2.45, 2.75) is 19.4 Å². The van der Waals surface area contributed by atoms with Crippen molar-refractivity contribution in [3.63, 3.8) is 0 Å². The van der Waals surface area contributed by atoms with E-state index in [0.29, 0.717) is 19.4 Å². The van der Waals surface area contributed by atoms with Gasteiger partial charge in [-0.05, 0) is 24.5 Å². The van der Waals surface area contributed by atoms with E-state index < -0.39 is 22.1 Å². The Hall–Kier alpha value is -2.23. The van der Waals surface area contributed by atoms with Crippen LogP contribution in [0.3, 0.4) is 0 Å². The summed E-state index contributed by atoms with van der Waals surface area (Å²) in [5, 5.41) is 9.12. The van der Waals surface area contributed by atoms with Crippen molar-refractivity contribution in [3.8, 4) is 5.69 Å². The van der Waals surface area contributed by atoms with Crippen molar-refractivity contribution in [1.82, 2.24) is 18.6 Å². The highest BCUT2D eigenvalue weighted by Gasteiger charge is 2.32. The number of nitrogens with one attached hydrogen (secondary N) is 1. The summed E-state index contributed by atoms with van der Waals surface area (Å²) in [6.45, 7) is 0.459. The first-order chi connectivity index (χ1) is 12.0. The topological polar surface area (TPSA) is 105 Å². The van der Waals surface area contributed by atoms with Gasteiger partial charge in [-0.1, -0.05) is 18.2 Å². The van der Waals surface area contributed by atoms with Gasteiger partial charge in [0, 0.05) is 32.0 Å². The second kappa shape index (κ2) is 7.34. The Morgan fingerprint density at radius 1 is 1.36 bits per heavy atom. The summed E-state index contributed by atoms with van der Waals surface area (Å²) in [5.74, 6) is -1.60. The summed E-state index contributed by atoms with van der Waals surface area (Å²) < 4.78 is 30.7. The molecule has 8 nitrogen and oxygen atoms in total. The predicted molar refractivity (Wildman–Crippen MR) is 91.3 cm³/mol. The van der Waals surface area contributed by atoms with E-state index in [0.717, 1.165) is 11.3 Å². The van der Waals surface area contributed by atoms with Crippen molar-refractivity contribution >= 4 is 16.2 Å². The minimum atomic E-state index is -3.74. The van der Waals surface area contributed by atoms with E-state index >= 15 is 0 Å². The van der Waals surface area contributed by atoms with Gasteiger partial charge in [0.2, 0.25) is 0 Å². The van der Waals surface area contributed by atoms with E-state index in [1.165, 1.54) is 4.31 Å². The van der Waals surface area contributed by atoms with Crippen molar-refractivity contribution in [1.29, 1.82) is 0 Å². The molecule has 0 aliphatic carbocycles. The molecule has 25 heavy (non-hydrogen) atoms. The molecule has 0 saturated carbocycles. The number of rotatable bonds is 6. The van der Waals surface area contributed by atoms with Crippen LogP contribution < -0.4 is 4.72 Å². The number of benzene rings is 1. The van der Waals surface area contributed by atoms with Crippen LogP contribution in [0, 0.1) is 5.92 Å². The van der Waals surface area contributed by atoms with Crippen LogP contribution in [0.5, 0.6) is 0 Å². The molecule has 1 aromatic carbocycles. The minimum Gasteiger partial charge on any atom is -0.481 e. The van der Waals surface area contributed by atoms with Gasteiger partial charge >= 0.3 is 5.97 Å². The first-order valence-corrected chi connectivity index (χ1v) is 9.45. The lowest BCUT2D eigenvalue weighted by Gasteiger charge is -2.29. The molecule has 1 fully saturated rings. The molecule has 0 spiro atoms. The van der Waals surface area contributed by atoms with E-state index in [9.17, 15) is 13.2 Å².